The summed E-state index contributed by atoms with van der Waals surface area (Å²) in [7, 11) is 1.71. The van der Waals surface area contributed by atoms with Gasteiger partial charge in [0.15, 0.2) is 5.65 Å². The molecule has 0 aliphatic rings. The van der Waals surface area contributed by atoms with E-state index in [0.29, 0.717) is 39.9 Å². The van der Waals surface area contributed by atoms with Crippen molar-refractivity contribution >= 4 is 28.0 Å². The first-order chi connectivity index (χ1) is 15.8. The Labute approximate surface area is 185 Å². The van der Waals surface area contributed by atoms with Crippen molar-refractivity contribution in [2.75, 3.05) is 0 Å². The van der Waals surface area contributed by atoms with Crippen molar-refractivity contribution in [3.63, 3.8) is 0 Å². The molecular weight excluding hydrogens is 433 g/mol. The van der Waals surface area contributed by atoms with Gasteiger partial charge in [0.05, 0.1) is 11.1 Å². The van der Waals surface area contributed by atoms with Crippen molar-refractivity contribution in [2.24, 2.45) is 7.05 Å². The van der Waals surface area contributed by atoms with Crippen LogP contribution < -0.4 is 5.32 Å². The third-order valence-electron chi connectivity index (χ3n) is 5.42. The lowest BCUT2D eigenvalue weighted by Crippen LogP contribution is -2.22. The monoisotopic (exact) mass is 450 g/mol. The fourth-order valence-corrected chi connectivity index (χ4v) is 3.80. The maximum atomic E-state index is 13.0. The average Bonchev–Trinajstić information content (AvgIpc) is 3.35. The number of benzene rings is 2. The molecule has 1 amide bonds. The zero-order valence-electron chi connectivity index (χ0n) is 17.3. The van der Waals surface area contributed by atoms with Crippen LogP contribution >= 0.6 is 0 Å². The minimum Gasteiger partial charge on any atom is -0.348 e. The summed E-state index contributed by atoms with van der Waals surface area (Å²) in [6.07, 6.45) is -1.11. The molecule has 0 atom stereocenters. The largest absolute Gasteiger partial charge is 0.416 e. The number of carbonyl (C=O) groups is 1. The van der Waals surface area contributed by atoms with Crippen LogP contribution in [-0.4, -0.2) is 30.5 Å². The van der Waals surface area contributed by atoms with Crippen LogP contribution in [0.1, 0.15) is 21.5 Å². The number of nitrogens with one attached hydrogen (secondary N) is 1. The normalized spacial score (nSPS) is 11.9. The molecule has 0 aliphatic heterocycles. The fourth-order valence-electron chi connectivity index (χ4n) is 3.80. The first-order valence-corrected chi connectivity index (χ1v) is 10.0. The van der Waals surface area contributed by atoms with Gasteiger partial charge in [-0.15, -0.1) is 5.10 Å². The number of aryl methyl sites for hydroxylation is 1. The third-order valence-corrected chi connectivity index (χ3v) is 5.42. The van der Waals surface area contributed by atoms with Crippen molar-refractivity contribution in [3.05, 3.63) is 83.7 Å². The number of carbonyl (C=O) groups excluding carboxylic acids is 1. The first-order valence-electron chi connectivity index (χ1n) is 10.0. The molecule has 0 unspecified atom stereocenters. The number of fused-ring (bicyclic) bond motifs is 3. The number of aromatic nitrogens is 5. The Morgan fingerprint density at radius 3 is 2.45 bits per heavy atom. The van der Waals surface area contributed by atoms with Gasteiger partial charge < -0.3 is 5.32 Å². The lowest BCUT2D eigenvalue weighted by molar-refractivity contribution is -0.137. The predicted octanol–water partition coefficient (Wildman–Crippen LogP) is 4.26. The summed E-state index contributed by atoms with van der Waals surface area (Å²) in [4.78, 5) is 16.7. The zero-order valence-corrected chi connectivity index (χ0v) is 17.3. The molecule has 3 aromatic heterocycles. The van der Waals surface area contributed by atoms with Crippen molar-refractivity contribution in [2.45, 2.75) is 12.7 Å². The van der Waals surface area contributed by atoms with Crippen molar-refractivity contribution in [3.8, 4) is 5.69 Å². The molecule has 3 heterocycles. The molecule has 0 bridgehead atoms. The molecule has 0 fully saturated rings. The minimum atomic E-state index is -4.42. The summed E-state index contributed by atoms with van der Waals surface area (Å²) in [5.74, 6) is -0.256. The summed E-state index contributed by atoms with van der Waals surface area (Å²) in [5.41, 5.74) is 3.03. The van der Waals surface area contributed by atoms with E-state index in [4.69, 9.17) is 0 Å². The second-order valence-corrected chi connectivity index (χ2v) is 7.54. The predicted molar refractivity (Wildman–Crippen MR) is 116 cm³/mol. The molecule has 33 heavy (non-hydrogen) atoms. The number of hydrogen-bond donors (Lipinski definition) is 1. The summed E-state index contributed by atoms with van der Waals surface area (Å²) >= 11 is 0. The molecule has 0 saturated carbocycles. The topological polar surface area (TPSA) is 77.6 Å². The van der Waals surface area contributed by atoms with Gasteiger partial charge in [-0.05, 0) is 60.2 Å². The van der Waals surface area contributed by atoms with Crippen LogP contribution in [0.3, 0.4) is 0 Å². The molecule has 5 rings (SSSR count). The Morgan fingerprint density at radius 2 is 1.76 bits per heavy atom. The summed E-state index contributed by atoms with van der Waals surface area (Å²) in [6.45, 7) is 0.354. The SMILES string of the molecule is Cn1nnc2c3cc(C(=O)NCc4ccncc4)ccc3n(-c3ccc(C(F)(F)F)cc3)c21. The summed E-state index contributed by atoms with van der Waals surface area (Å²) in [5, 5.41) is 11.8. The van der Waals surface area contributed by atoms with Crippen molar-refractivity contribution in [1.82, 2.24) is 29.9 Å². The highest BCUT2D eigenvalue weighted by Gasteiger charge is 2.30. The van der Waals surface area contributed by atoms with Crippen LogP contribution in [0.25, 0.3) is 27.8 Å². The second kappa shape index (κ2) is 7.73. The Morgan fingerprint density at radius 1 is 1.03 bits per heavy atom. The van der Waals surface area contributed by atoms with Gasteiger partial charge in [0, 0.05) is 42.6 Å². The third kappa shape index (κ3) is 3.69. The molecule has 0 radical (unpaired) electrons. The van der Waals surface area contributed by atoms with Gasteiger partial charge in [-0.25, -0.2) is 4.68 Å². The number of amides is 1. The van der Waals surface area contributed by atoms with Crippen LogP contribution in [0, 0.1) is 0 Å². The quantitative estimate of drug-likeness (QED) is 0.444. The van der Waals surface area contributed by atoms with E-state index in [1.807, 2.05) is 12.1 Å². The number of alkyl halides is 3. The van der Waals surface area contributed by atoms with Crippen molar-refractivity contribution < 1.29 is 18.0 Å². The van der Waals surface area contributed by atoms with Gasteiger partial charge in [-0.1, -0.05) is 5.21 Å². The molecule has 5 aromatic rings. The van der Waals surface area contributed by atoms with E-state index in [0.717, 1.165) is 17.7 Å². The maximum Gasteiger partial charge on any atom is 0.416 e. The molecule has 7 nitrogen and oxygen atoms in total. The van der Waals surface area contributed by atoms with Gasteiger partial charge >= 0.3 is 6.18 Å². The van der Waals surface area contributed by atoms with E-state index in [9.17, 15) is 18.0 Å². The Bertz CT molecular complexity index is 1470. The Balaban J connectivity index is 1.55. The van der Waals surface area contributed by atoms with Crippen molar-refractivity contribution in [1.29, 1.82) is 0 Å². The molecule has 1 N–H and O–H groups in total. The van der Waals surface area contributed by atoms with Crippen LogP contribution in [0.5, 0.6) is 0 Å². The lowest BCUT2D eigenvalue weighted by Gasteiger charge is -2.11. The molecule has 0 saturated heterocycles. The number of hydrogen-bond acceptors (Lipinski definition) is 4. The van der Waals surface area contributed by atoms with E-state index in [1.54, 1.807) is 46.9 Å². The van der Waals surface area contributed by atoms with Crippen LogP contribution in [0.4, 0.5) is 13.2 Å². The minimum absolute atomic E-state index is 0.256. The smallest absolute Gasteiger partial charge is 0.348 e. The van der Waals surface area contributed by atoms with Gasteiger partial charge in [0.2, 0.25) is 0 Å². The van der Waals surface area contributed by atoms with Crippen LogP contribution in [0.2, 0.25) is 0 Å². The average molecular weight is 450 g/mol. The second-order valence-electron chi connectivity index (χ2n) is 7.54. The van der Waals surface area contributed by atoms with Gasteiger partial charge in [0.25, 0.3) is 5.91 Å². The van der Waals surface area contributed by atoms with Gasteiger partial charge in [-0.3, -0.25) is 14.3 Å². The number of halogens is 3. The highest BCUT2D eigenvalue weighted by atomic mass is 19.4. The number of rotatable bonds is 4. The lowest BCUT2D eigenvalue weighted by atomic mass is 10.1. The summed E-state index contributed by atoms with van der Waals surface area (Å²) < 4.78 is 42.3. The van der Waals surface area contributed by atoms with E-state index in [-0.39, 0.29) is 5.91 Å². The first kappa shape index (κ1) is 20.7. The van der Waals surface area contributed by atoms with Crippen LogP contribution in [-0.2, 0) is 19.8 Å². The van der Waals surface area contributed by atoms with E-state index in [2.05, 4.69) is 20.6 Å². The molecule has 2 aromatic carbocycles. The zero-order chi connectivity index (χ0) is 23.2. The van der Waals surface area contributed by atoms with E-state index < -0.39 is 11.7 Å². The molecule has 10 heteroatoms. The highest BCUT2D eigenvalue weighted by molar-refractivity contribution is 6.09. The standard InChI is InChI=1S/C23H17F3N6O/c1-31-22-20(29-30-31)18-12-15(21(33)28-13-14-8-10-27-11-9-14)2-7-19(18)32(22)17-5-3-16(4-6-17)23(24,25)26/h2-12H,13H2,1H3,(H,28,33). The Kier molecular flexibility index (Phi) is 4.85. The van der Waals surface area contributed by atoms with E-state index in [1.165, 1.54) is 12.1 Å². The van der Waals surface area contributed by atoms with Gasteiger partial charge in [-0.2, -0.15) is 13.2 Å². The van der Waals surface area contributed by atoms with E-state index >= 15 is 0 Å². The van der Waals surface area contributed by atoms with Gasteiger partial charge in [0.1, 0.15) is 5.52 Å². The molecular formula is C23H17F3N6O. The molecule has 166 valence electrons. The maximum absolute atomic E-state index is 13.0. The number of nitrogens with zero attached hydrogens (tertiary/aromatic N) is 5. The number of pyridine rings is 1. The summed E-state index contributed by atoms with van der Waals surface area (Å²) in [6, 6.07) is 13.7. The van der Waals surface area contributed by atoms with Crippen LogP contribution in [0.15, 0.2) is 67.0 Å². The highest BCUT2D eigenvalue weighted by Crippen LogP contribution is 2.33. The fraction of sp³-hybridized carbons (Fsp3) is 0.130. The molecule has 0 aliphatic carbocycles. The molecule has 0 spiro atoms. The Hall–Kier alpha value is -4.21.